The number of carbonyl (C=O) groups is 1. The molecule has 1 amide bonds. The van der Waals surface area contributed by atoms with Crippen LogP contribution < -0.4 is 10.9 Å². The molecule has 174 valence electrons. The Balaban J connectivity index is 1.36. The van der Waals surface area contributed by atoms with Crippen LogP contribution in [-0.2, 0) is 22.4 Å². The Labute approximate surface area is 201 Å². The molecule has 0 unspecified atom stereocenters. The minimum Gasteiger partial charge on any atom is -0.379 e. The molecule has 3 heterocycles. The Morgan fingerprint density at radius 1 is 1.15 bits per heavy atom. The van der Waals surface area contributed by atoms with Crippen molar-refractivity contribution in [3.8, 4) is 5.69 Å². The number of amides is 1. The van der Waals surface area contributed by atoms with Crippen molar-refractivity contribution in [2.75, 3.05) is 45.1 Å². The minimum absolute atomic E-state index is 0.0270. The molecule has 0 atom stereocenters. The number of thiophene rings is 1. The number of ether oxygens (including phenoxy) is 1. The summed E-state index contributed by atoms with van der Waals surface area (Å²) in [5.74, 6) is 0.173. The molecule has 3 aromatic rings. The first-order valence-electron chi connectivity index (χ1n) is 11.5. The molecule has 2 aliphatic rings. The number of thioether (sulfide) groups is 1. The summed E-state index contributed by atoms with van der Waals surface area (Å²) in [6, 6.07) is 9.60. The number of para-hydroxylation sites is 1. The van der Waals surface area contributed by atoms with Gasteiger partial charge < -0.3 is 10.1 Å². The number of fused-ring (bicyclic) bond motifs is 3. The molecule has 5 rings (SSSR count). The lowest BCUT2D eigenvalue weighted by atomic mass is 9.97. The van der Waals surface area contributed by atoms with Gasteiger partial charge in [-0.25, -0.2) is 4.98 Å². The van der Waals surface area contributed by atoms with E-state index in [1.165, 1.54) is 28.6 Å². The normalized spacial score (nSPS) is 16.6. The Morgan fingerprint density at radius 3 is 2.76 bits per heavy atom. The molecule has 1 aliphatic carbocycles. The maximum Gasteiger partial charge on any atom is 0.267 e. The van der Waals surface area contributed by atoms with Crippen molar-refractivity contribution in [1.29, 1.82) is 0 Å². The van der Waals surface area contributed by atoms with Crippen LogP contribution in [0, 0.1) is 0 Å². The van der Waals surface area contributed by atoms with Crippen LogP contribution in [0.4, 0.5) is 0 Å². The van der Waals surface area contributed by atoms with E-state index in [0.29, 0.717) is 11.7 Å². The zero-order valence-electron chi connectivity index (χ0n) is 18.5. The molecule has 1 saturated heterocycles. The molecule has 1 fully saturated rings. The summed E-state index contributed by atoms with van der Waals surface area (Å²) in [6.45, 7) is 4.74. The van der Waals surface area contributed by atoms with E-state index in [1.807, 2.05) is 30.3 Å². The first-order valence-corrected chi connectivity index (χ1v) is 13.3. The number of carbonyl (C=O) groups excluding carboxylic acids is 1. The number of hydrogen-bond acceptors (Lipinski definition) is 7. The third-order valence-electron chi connectivity index (χ3n) is 6.16. The van der Waals surface area contributed by atoms with Crippen LogP contribution >= 0.6 is 23.1 Å². The first-order chi connectivity index (χ1) is 16.2. The van der Waals surface area contributed by atoms with E-state index in [9.17, 15) is 9.59 Å². The van der Waals surface area contributed by atoms with Gasteiger partial charge in [-0.3, -0.25) is 19.1 Å². The van der Waals surface area contributed by atoms with Crippen LogP contribution in [0.15, 0.2) is 40.3 Å². The van der Waals surface area contributed by atoms with Crippen molar-refractivity contribution >= 4 is 39.2 Å². The summed E-state index contributed by atoms with van der Waals surface area (Å²) in [6.07, 6.45) is 4.25. The van der Waals surface area contributed by atoms with Crippen molar-refractivity contribution in [2.24, 2.45) is 0 Å². The molecule has 9 heteroatoms. The average molecular weight is 485 g/mol. The molecule has 33 heavy (non-hydrogen) atoms. The van der Waals surface area contributed by atoms with Gasteiger partial charge in [0.05, 0.1) is 30.0 Å². The summed E-state index contributed by atoms with van der Waals surface area (Å²) < 4.78 is 7.04. The number of aryl methyl sites for hydroxylation is 2. The molecule has 7 nitrogen and oxygen atoms in total. The topological polar surface area (TPSA) is 76.5 Å². The predicted octanol–water partition coefficient (Wildman–Crippen LogP) is 2.87. The molecule has 0 bridgehead atoms. The summed E-state index contributed by atoms with van der Waals surface area (Å²) in [7, 11) is 0. The van der Waals surface area contributed by atoms with Gasteiger partial charge in [0, 0.05) is 31.1 Å². The monoisotopic (exact) mass is 484 g/mol. The number of nitrogens with zero attached hydrogens (tertiary/aromatic N) is 3. The van der Waals surface area contributed by atoms with Gasteiger partial charge >= 0.3 is 0 Å². The molecule has 2 aromatic heterocycles. The summed E-state index contributed by atoms with van der Waals surface area (Å²) in [5, 5.41) is 4.33. The highest BCUT2D eigenvalue weighted by Crippen LogP contribution is 2.35. The second-order valence-corrected chi connectivity index (χ2v) is 10.4. The molecule has 1 aliphatic heterocycles. The second-order valence-electron chi connectivity index (χ2n) is 8.35. The van der Waals surface area contributed by atoms with Crippen molar-refractivity contribution in [3.63, 3.8) is 0 Å². The smallest absolute Gasteiger partial charge is 0.267 e. The van der Waals surface area contributed by atoms with E-state index in [-0.39, 0.29) is 17.2 Å². The minimum atomic E-state index is -0.0484. The van der Waals surface area contributed by atoms with Crippen molar-refractivity contribution in [1.82, 2.24) is 19.8 Å². The largest absolute Gasteiger partial charge is 0.379 e. The zero-order valence-corrected chi connectivity index (χ0v) is 20.2. The van der Waals surface area contributed by atoms with Gasteiger partial charge in [0.2, 0.25) is 5.91 Å². The quantitative estimate of drug-likeness (QED) is 0.411. The molecule has 0 radical (unpaired) electrons. The molecule has 0 spiro atoms. The SMILES string of the molecule is O=C(CSc1nc2sc3c(c2c(=O)n1-c1ccccc1)CCCC3)NCCN1CCOCC1. The Bertz CT molecular complexity index is 1190. The Hall–Kier alpha value is -2.20. The van der Waals surface area contributed by atoms with Crippen LogP contribution in [-0.4, -0.2) is 65.5 Å². The van der Waals surface area contributed by atoms with Crippen LogP contribution in [0.2, 0.25) is 0 Å². The van der Waals surface area contributed by atoms with E-state index in [1.54, 1.807) is 15.9 Å². The van der Waals surface area contributed by atoms with E-state index < -0.39 is 0 Å². The number of nitrogens with one attached hydrogen (secondary N) is 1. The fourth-order valence-corrected chi connectivity index (χ4v) is 6.59. The summed E-state index contributed by atoms with van der Waals surface area (Å²) in [4.78, 5) is 35.5. The van der Waals surface area contributed by atoms with Crippen molar-refractivity contribution in [3.05, 3.63) is 51.1 Å². The standard InChI is InChI=1S/C24H28N4O3S2/c29-20(25-10-11-27-12-14-31-15-13-27)16-32-24-26-22-21(18-8-4-5-9-19(18)33-22)23(30)28(24)17-6-2-1-3-7-17/h1-3,6-7H,4-5,8-16H2,(H,25,29). The van der Waals surface area contributed by atoms with Gasteiger partial charge in [-0.15, -0.1) is 11.3 Å². The number of benzene rings is 1. The molecule has 1 aromatic carbocycles. The van der Waals surface area contributed by atoms with Gasteiger partial charge in [0.25, 0.3) is 5.56 Å². The number of aromatic nitrogens is 2. The highest BCUT2D eigenvalue weighted by molar-refractivity contribution is 7.99. The van der Waals surface area contributed by atoms with Crippen LogP contribution in [0.25, 0.3) is 15.9 Å². The fourth-order valence-electron chi connectivity index (χ4n) is 4.45. The third kappa shape index (κ3) is 5.01. The van der Waals surface area contributed by atoms with Gasteiger partial charge in [-0.05, 0) is 43.4 Å². The van der Waals surface area contributed by atoms with Crippen molar-refractivity contribution in [2.45, 2.75) is 30.8 Å². The Morgan fingerprint density at radius 2 is 1.94 bits per heavy atom. The summed E-state index contributed by atoms with van der Waals surface area (Å²) >= 11 is 2.97. The lowest BCUT2D eigenvalue weighted by Crippen LogP contribution is -2.41. The van der Waals surface area contributed by atoms with Gasteiger partial charge in [-0.1, -0.05) is 30.0 Å². The van der Waals surface area contributed by atoms with Crippen LogP contribution in [0.1, 0.15) is 23.3 Å². The number of rotatable bonds is 7. The van der Waals surface area contributed by atoms with Gasteiger partial charge in [0.1, 0.15) is 4.83 Å². The van der Waals surface area contributed by atoms with Crippen LogP contribution in [0.5, 0.6) is 0 Å². The van der Waals surface area contributed by atoms with Gasteiger partial charge in [-0.2, -0.15) is 0 Å². The second kappa shape index (κ2) is 10.4. The van der Waals surface area contributed by atoms with E-state index in [0.717, 1.165) is 68.0 Å². The number of morpholine rings is 1. The molecule has 0 saturated carbocycles. The number of hydrogen-bond donors (Lipinski definition) is 1. The first kappa shape index (κ1) is 22.6. The third-order valence-corrected chi connectivity index (χ3v) is 8.28. The Kier molecular flexibility index (Phi) is 7.10. The van der Waals surface area contributed by atoms with Gasteiger partial charge in [0.15, 0.2) is 5.16 Å². The maximum absolute atomic E-state index is 13.7. The highest BCUT2D eigenvalue weighted by Gasteiger charge is 2.23. The summed E-state index contributed by atoms with van der Waals surface area (Å²) in [5.41, 5.74) is 1.93. The van der Waals surface area contributed by atoms with E-state index >= 15 is 0 Å². The molecular formula is C24H28N4O3S2. The zero-order chi connectivity index (χ0) is 22.6. The lowest BCUT2D eigenvalue weighted by Gasteiger charge is -2.26. The van der Waals surface area contributed by atoms with E-state index in [2.05, 4.69) is 10.2 Å². The fraction of sp³-hybridized carbons (Fsp3) is 0.458. The van der Waals surface area contributed by atoms with Crippen LogP contribution in [0.3, 0.4) is 0 Å². The molecular weight excluding hydrogens is 456 g/mol. The lowest BCUT2D eigenvalue weighted by molar-refractivity contribution is -0.118. The van der Waals surface area contributed by atoms with Crippen molar-refractivity contribution < 1.29 is 9.53 Å². The molecule has 1 N–H and O–H groups in total. The average Bonchev–Trinajstić information content (AvgIpc) is 3.23. The highest BCUT2D eigenvalue weighted by atomic mass is 32.2. The predicted molar refractivity (Wildman–Crippen MR) is 133 cm³/mol. The van der Waals surface area contributed by atoms with E-state index in [4.69, 9.17) is 9.72 Å². The maximum atomic E-state index is 13.7.